The molecule has 0 amide bonds. The maximum atomic E-state index is 11.1. The molecule has 0 bridgehead atoms. The number of carboxylic acids is 1. The highest BCUT2D eigenvalue weighted by Gasteiger charge is 2.11. The number of carboxylic acid groups (broad SMARTS) is 1. The van der Waals surface area contributed by atoms with Gasteiger partial charge in [0.1, 0.15) is 22.8 Å². The summed E-state index contributed by atoms with van der Waals surface area (Å²) in [6.45, 7) is 3.43. The summed E-state index contributed by atoms with van der Waals surface area (Å²) in [4.78, 5) is 11.1. The Kier molecular flexibility index (Phi) is 3.52. The lowest BCUT2D eigenvalue weighted by Crippen LogP contribution is -1.99. The number of ether oxygens (including phenoxy) is 1. The van der Waals surface area contributed by atoms with Crippen molar-refractivity contribution in [2.75, 3.05) is 0 Å². The van der Waals surface area contributed by atoms with Crippen molar-refractivity contribution in [3.05, 3.63) is 66.2 Å². The second kappa shape index (κ2) is 5.27. The monoisotopic (exact) mass is 256 g/mol. The van der Waals surface area contributed by atoms with E-state index in [-0.39, 0.29) is 17.1 Å². The number of hydrogen-bond acceptors (Lipinski definition) is 3. The summed E-state index contributed by atoms with van der Waals surface area (Å²) in [5.41, 5.74) is 0.598. The Morgan fingerprint density at radius 1 is 1.05 bits per heavy atom. The first-order valence-corrected chi connectivity index (χ1v) is 5.56. The van der Waals surface area contributed by atoms with Crippen LogP contribution in [0.25, 0.3) is 5.76 Å². The van der Waals surface area contributed by atoms with Gasteiger partial charge in [0, 0.05) is 5.56 Å². The van der Waals surface area contributed by atoms with Gasteiger partial charge in [-0.1, -0.05) is 30.8 Å². The number of hydrogen-bond donors (Lipinski definition) is 2. The van der Waals surface area contributed by atoms with Crippen LogP contribution in [0.1, 0.15) is 15.9 Å². The first-order valence-electron chi connectivity index (χ1n) is 5.56. The fraction of sp³-hybridized carbons (Fsp3) is 0. The van der Waals surface area contributed by atoms with Gasteiger partial charge in [-0.05, 0) is 24.3 Å². The smallest absolute Gasteiger partial charge is 0.339 e. The van der Waals surface area contributed by atoms with E-state index < -0.39 is 5.97 Å². The molecule has 0 unspecified atom stereocenters. The molecule has 0 aliphatic heterocycles. The molecule has 96 valence electrons. The fourth-order valence-electron chi connectivity index (χ4n) is 1.60. The Labute approximate surface area is 110 Å². The molecule has 0 heterocycles. The fourth-order valence-corrected chi connectivity index (χ4v) is 1.60. The van der Waals surface area contributed by atoms with Gasteiger partial charge in [-0.2, -0.15) is 0 Å². The molecule has 0 aromatic heterocycles. The molecule has 2 aromatic rings. The molecule has 0 saturated heterocycles. The van der Waals surface area contributed by atoms with Gasteiger partial charge in [0.15, 0.2) is 0 Å². The second-order valence-corrected chi connectivity index (χ2v) is 3.88. The molecule has 0 aliphatic rings. The van der Waals surface area contributed by atoms with Crippen LogP contribution in [0.15, 0.2) is 55.1 Å². The van der Waals surface area contributed by atoms with E-state index in [1.165, 1.54) is 6.07 Å². The van der Waals surface area contributed by atoms with Crippen molar-refractivity contribution < 1.29 is 19.7 Å². The molecule has 0 saturated carbocycles. The first-order chi connectivity index (χ1) is 9.08. The number of aliphatic hydroxyl groups excluding tert-OH is 1. The van der Waals surface area contributed by atoms with E-state index >= 15 is 0 Å². The Morgan fingerprint density at radius 3 is 2.47 bits per heavy atom. The van der Waals surface area contributed by atoms with Crippen LogP contribution < -0.4 is 4.74 Å². The normalized spacial score (nSPS) is 9.89. The van der Waals surface area contributed by atoms with Crippen molar-refractivity contribution in [1.29, 1.82) is 0 Å². The summed E-state index contributed by atoms with van der Waals surface area (Å²) in [5.74, 6) is -0.451. The first kappa shape index (κ1) is 12.7. The summed E-state index contributed by atoms with van der Waals surface area (Å²) in [6.07, 6.45) is 0. The molecule has 2 N–H and O–H groups in total. The molecule has 2 rings (SSSR count). The van der Waals surface area contributed by atoms with E-state index in [1.807, 2.05) is 0 Å². The molecule has 0 fully saturated rings. The molecule has 4 nitrogen and oxygen atoms in total. The zero-order valence-corrected chi connectivity index (χ0v) is 10.0. The van der Waals surface area contributed by atoms with Crippen LogP contribution in [0.5, 0.6) is 11.5 Å². The summed E-state index contributed by atoms with van der Waals surface area (Å²) >= 11 is 0. The number of para-hydroxylation sites is 1. The van der Waals surface area contributed by atoms with Crippen molar-refractivity contribution in [1.82, 2.24) is 0 Å². The van der Waals surface area contributed by atoms with Gasteiger partial charge in [-0.25, -0.2) is 4.79 Å². The highest BCUT2D eigenvalue weighted by Crippen LogP contribution is 2.26. The average Bonchev–Trinajstić information content (AvgIpc) is 2.39. The van der Waals surface area contributed by atoms with Crippen LogP contribution in [0, 0.1) is 0 Å². The second-order valence-electron chi connectivity index (χ2n) is 3.88. The van der Waals surface area contributed by atoms with Crippen LogP contribution in [-0.2, 0) is 0 Å². The Balaban J connectivity index is 2.34. The van der Waals surface area contributed by atoms with Gasteiger partial charge in [0.05, 0.1) is 0 Å². The van der Waals surface area contributed by atoms with Gasteiger partial charge in [0.25, 0.3) is 0 Å². The lowest BCUT2D eigenvalue weighted by atomic mass is 10.2. The molecule has 0 spiro atoms. The van der Waals surface area contributed by atoms with E-state index in [2.05, 4.69) is 6.58 Å². The van der Waals surface area contributed by atoms with Crippen molar-refractivity contribution in [3.63, 3.8) is 0 Å². The highest BCUT2D eigenvalue weighted by atomic mass is 16.5. The van der Waals surface area contributed by atoms with Gasteiger partial charge in [-0.15, -0.1) is 0 Å². The SMILES string of the molecule is C=C(O)c1cccc(Oc2ccccc2C(=O)O)c1. The maximum Gasteiger partial charge on any atom is 0.339 e. The van der Waals surface area contributed by atoms with Crippen LogP contribution >= 0.6 is 0 Å². The highest BCUT2D eigenvalue weighted by molar-refractivity contribution is 5.90. The molecule has 0 aliphatic carbocycles. The summed E-state index contributed by atoms with van der Waals surface area (Å²) in [7, 11) is 0. The molecule has 19 heavy (non-hydrogen) atoms. The topological polar surface area (TPSA) is 66.8 Å². The maximum absolute atomic E-state index is 11.1. The Bertz CT molecular complexity index is 632. The van der Waals surface area contributed by atoms with E-state index in [4.69, 9.17) is 9.84 Å². The van der Waals surface area contributed by atoms with Crippen LogP contribution in [-0.4, -0.2) is 16.2 Å². The zero-order valence-electron chi connectivity index (χ0n) is 10.0. The number of aliphatic hydroxyl groups is 1. The molecular formula is C15H12O4. The summed E-state index contributed by atoms with van der Waals surface area (Å²) < 4.78 is 5.53. The van der Waals surface area contributed by atoms with Gasteiger partial charge in [-0.3, -0.25) is 0 Å². The third kappa shape index (κ3) is 2.93. The van der Waals surface area contributed by atoms with Crippen molar-refractivity contribution in [3.8, 4) is 11.5 Å². The number of benzene rings is 2. The Hall–Kier alpha value is -2.75. The quantitative estimate of drug-likeness (QED) is 0.818. The molecule has 0 atom stereocenters. The van der Waals surface area contributed by atoms with Crippen LogP contribution in [0.2, 0.25) is 0 Å². The van der Waals surface area contributed by atoms with Gasteiger partial charge in [0.2, 0.25) is 0 Å². The molecule has 0 radical (unpaired) electrons. The number of rotatable bonds is 4. The predicted molar refractivity (Wildman–Crippen MR) is 71.6 cm³/mol. The van der Waals surface area contributed by atoms with Crippen LogP contribution in [0.4, 0.5) is 0 Å². The minimum atomic E-state index is -1.06. The molecule has 2 aromatic carbocycles. The van der Waals surface area contributed by atoms with Crippen molar-refractivity contribution in [2.24, 2.45) is 0 Å². The lowest BCUT2D eigenvalue weighted by molar-refractivity contribution is 0.0694. The third-order valence-corrected chi connectivity index (χ3v) is 2.51. The number of carbonyl (C=O) groups is 1. The average molecular weight is 256 g/mol. The van der Waals surface area contributed by atoms with Crippen molar-refractivity contribution >= 4 is 11.7 Å². The predicted octanol–water partition coefficient (Wildman–Crippen LogP) is 3.71. The summed E-state index contributed by atoms with van der Waals surface area (Å²) in [6, 6.07) is 13.0. The minimum Gasteiger partial charge on any atom is -0.508 e. The summed E-state index contributed by atoms with van der Waals surface area (Å²) in [5, 5.41) is 18.4. The third-order valence-electron chi connectivity index (χ3n) is 2.51. The van der Waals surface area contributed by atoms with E-state index in [9.17, 15) is 9.90 Å². The Morgan fingerprint density at radius 2 is 1.79 bits per heavy atom. The largest absolute Gasteiger partial charge is 0.508 e. The molecule has 4 heteroatoms. The van der Waals surface area contributed by atoms with Gasteiger partial charge < -0.3 is 14.9 Å². The lowest BCUT2D eigenvalue weighted by Gasteiger charge is -2.09. The van der Waals surface area contributed by atoms with E-state index in [1.54, 1.807) is 42.5 Å². The molecular weight excluding hydrogens is 244 g/mol. The minimum absolute atomic E-state index is 0.0723. The zero-order chi connectivity index (χ0) is 13.8. The van der Waals surface area contributed by atoms with E-state index in [0.717, 1.165) is 0 Å². The van der Waals surface area contributed by atoms with Crippen LogP contribution in [0.3, 0.4) is 0 Å². The number of aromatic carboxylic acids is 1. The standard InChI is InChI=1S/C15H12O4/c1-10(16)11-5-4-6-12(9-11)19-14-8-3-2-7-13(14)15(17)18/h2-9,16H,1H2,(H,17,18). The van der Waals surface area contributed by atoms with Crippen molar-refractivity contribution in [2.45, 2.75) is 0 Å². The van der Waals surface area contributed by atoms with Gasteiger partial charge >= 0.3 is 5.97 Å². The van der Waals surface area contributed by atoms with E-state index in [0.29, 0.717) is 11.3 Å².